The second-order valence-corrected chi connectivity index (χ2v) is 2.92. The second kappa shape index (κ2) is 5.33. The van der Waals surface area contributed by atoms with Crippen molar-refractivity contribution in [3.05, 3.63) is 29.8 Å². The van der Waals surface area contributed by atoms with E-state index in [-0.39, 0.29) is 12.2 Å². The molecule has 0 aliphatic heterocycles. The van der Waals surface area contributed by atoms with Crippen LogP contribution in [0.1, 0.15) is 17.3 Å². The quantitative estimate of drug-likeness (QED) is 0.331. The number of methoxy groups -OCH3 is 1. The molecule has 1 rings (SSSR count). The Bertz CT molecular complexity index is 341. The number of nitrogens with one attached hydrogen (secondary N) is 1. The van der Waals surface area contributed by atoms with Gasteiger partial charge >= 0.3 is 0 Å². The van der Waals surface area contributed by atoms with E-state index >= 15 is 0 Å². The predicted octanol–water partition coefficient (Wildman–Crippen LogP) is 0.661. The van der Waals surface area contributed by atoms with E-state index in [2.05, 4.69) is 5.43 Å². The lowest BCUT2D eigenvalue weighted by molar-refractivity contribution is -0.0383. The van der Waals surface area contributed by atoms with E-state index in [1.54, 1.807) is 38.3 Å². The molecule has 15 heavy (non-hydrogen) atoms. The Balaban J connectivity index is 2.78. The number of nitrogens with two attached hydrogens (primary N) is 1. The van der Waals surface area contributed by atoms with Gasteiger partial charge in [0.15, 0.2) is 6.29 Å². The minimum atomic E-state index is -0.360. The summed E-state index contributed by atoms with van der Waals surface area (Å²) in [5, 5.41) is 0. The van der Waals surface area contributed by atoms with Gasteiger partial charge in [-0.15, -0.1) is 0 Å². The fraction of sp³-hybridized carbons (Fsp3) is 0.300. The van der Waals surface area contributed by atoms with Crippen molar-refractivity contribution in [3.63, 3.8) is 0 Å². The zero-order valence-corrected chi connectivity index (χ0v) is 8.69. The molecule has 1 atom stereocenters. The molecule has 0 aliphatic rings. The van der Waals surface area contributed by atoms with Crippen LogP contribution in [-0.4, -0.2) is 19.3 Å². The molecule has 3 N–H and O–H groups in total. The van der Waals surface area contributed by atoms with E-state index in [0.29, 0.717) is 11.3 Å². The van der Waals surface area contributed by atoms with Crippen molar-refractivity contribution < 1.29 is 14.3 Å². The van der Waals surface area contributed by atoms with Crippen LogP contribution < -0.4 is 16.0 Å². The Labute approximate surface area is 88.1 Å². The first-order valence-corrected chi connectivity index (χ1v) is 4.48. The largest absolute Gasteiger partial charge is 0.465 e. The molecule has 5 heteroatoms. The second-order valence-electron chi connectivity index (χ2n) is 2.92. The highest BCUT2D eigenvalue weighted by molar-refractivity contribution is 5.94. The van der Waals surface area contributed by atoms with Gasteiger partial charge in [-0.1, -0.05) is 6.07 Å². The molecule has 0 aliphatic carbocycles. The summed E-state index contributed by atoms with van der Waals surface area (Å²) in [5.41, 5.74) is 2.49. The molecule has 0 saturated heterocycles. The Kier molecular flexibility index (Phi) is 4.08. The van der Waals surface area contributed by atoms with Crippen LogP contribution >= 0.6 is 0 Å². The van der Waals surface area contributed by atoms with E-state index in [9.17, 15) is 4.79 Å². The number of carbonyl (C=O) groups is 1. The van der Waals surface area contributed by atoms with Gasteiger partial charge in [-0.25, -0.2) is 5.84 Å². The Morgan fingerprint density at radius 2 is 2.27 bits per heavy atom. The monoisotopic (exact) mass is 210 g/mol. The number of hydrogen-bond acceptors (Lipinski definition) is 4. The highest BCUT2D eigenvalue weighted by Crippen LogP contribution is 2.14. The number of hydrogen-bond donors (Lipinski definition) is 2. The lowest BCUT2D eigenvalue weighted by Gasteiger charge is -2.12. The highest BCUT2D eigenvalue weighted by Gasteiger charge is 2.06. The maximum Gasteiger partial charge on any atom is 0.265 e. The topological polar surface area (TPSA) is 73.6 Å². The summed E-state index contributed by atoms with van der Waals surface area (Å²) in [5.74, 6) is 5.22. The third kappa shape index (κ3) is 3.23. The Morgan fingerprint density at radius 3 is 2.87 bits per heavy atom. The summed E-state index contributed by atoms with van der Waals surface area (Å²) in [4.78, 5) is 11.2. The van der Waals surface area contributed by atoms with Gasteiger partial charge in [0.2, 0.25) is 0 Å². The van der Waals surface area contributed by atoms with Crippen molar-refractivity contribution in [1.29, 1.82) is 0 Å². The lowest BCUT2D eigenvalue weighted by Crippen LogP contribution is -2.29. The van der Waals surface area contributed by atoms with Gasteiger partial charge in [-0.2, -0.15) is 0 Å². The molecule has 0 aromatic heterocycles. The summed E-state index contributed by atoms with van der Waals surface area (Å²) < 4.78 is 10.3. The van der Waals surface area contributed by atoms with Gasteiger partial charge in [-0.05, 0) is 25.1 Å². The number of ether oxygens (including phenoxy) is 2. The summed E-state index contributed by atoms with van der Waals surface area (Å²) in [7, 11) is 1.54. The van der Waals surface area contributed by atoms with E-state index in [0.717, 1.165) is 0 Å². The van der Waals surface area contributed by atoms with Crippen LogP contribution in [0.4, 0.5) is 0 Å². The molecule has 1 unspecified atom stereocenters. The molecule has 5 nitrogen and oxygen atoms in total. The number of rotatable bonds is 4. The smallest absolute Gasteiger partial charge is 0.265 e. The maximum atomic E-state index is 11.2. The summed E-state index contributed by atoms with van der Waals surface area (Å²) >= 11 is 0. The third-order valence-electron chi connectivity index (χ3n) is 1.86. The summed E-state index contributed by atoms with van der Waals surface area (Å²) in [6.07, 6.45) is -0.360. The zero-order valence-electron chi connectivity index (χ0n) is 8.69. The Morgan fingerprint density at radius 1 is 1.53 bits per heavy atom. The van der Waals surface area contributed by atoms with Gasteiger partial charge in [0.1, 0.15) is 5.75 Å². The van der Waals surface area contributed by atoms with Crippen molar-refractivity contribution in [1.82, 2.24) is 5.43 Å². The average Bonchev–Trinajstić information content (AvgIpc) is 2.28. The molecule has 0 bridgehead atoms. The minimum absolute atomic E-state index is 0.356. The normalized spacial score (nSPS) is 11.9. The van der Waals surface area contributed by atoms with E-state index < -0.39 is 0 Å². The Hall–Kier alpha value is -1.59. The lowest BCUT2D eigenvalue weighted by atomic mass is 10.2. The standard InChI is InChI=1S/C10H14N2O3/c1-7(14-2)15-9-5-3-4-8(6-9)10(13)12-11/h3-7H,11H2,1-2H3,(H,12,13). The van der Waals surface area contributed by atoms with Crippen molar-refractivity contribution in [3.8, 4) is 5.75 Å². The number of benzene rings is 1. The number of hydrazine groups is 1. The third-order valence-corrected chi connectivity index (χ3v) is 1.86. The first-order valence-electron chi connectivity index (χ1n) is 4.48. The predicted molar refractivity (Wildman–Crippen MR) is 55.2 cm³/mol. The minimum Gasteiger partial charge on any atom is -0.465 e. The number of nitrogen functional groups attached to an aromatic ring is 1. The van der Waals surface area contributed by atoms with E-state index in [1.807, 2.05) is 0 Å². The first-order chi connectivity index (χ1) is 7.17. The number of carbonyl (C=O) groups excluding carboxylic acids is 1. The molecule has 0 radical (unpaired) electrons. The summed E-state index contributed by atoms with van der Waals surface area (Å²) in [6, 6.07) is 6.69. The number of amides is 1. The summed E-state index contributed by atoms with van der Waals surface area (Å²) in [6.45, 7) is 1.76. The maximum absolute atomic E-state index is 11.2. The molecule has 1 amide bonds. The van der Waals surface area contributed by atoms with Crippen LogP contribution in [0.2, 0.25) is 0 Å². The van der Waals surface area contributed by atoms with Crippen molar-refractivity contribution in [2.75, 3.05) is 7.11 Å². The molecular formula is C10H14N2O3. The van der Waals surface area contributed by atoms with E-state index in [4.69, 9.17) is 15.3 Å². The van der Waals surface area contributed by atoms with Crippen LogP contribution in [0.5, 0.6) is 5.75 Å². The molecule has 82 valence electrons. The van der Waals surface area contributed by atoms with Crippen LogP contribution in [-0.2, 0) is 4.74 Å². The molecule has 0 heterocycles. The van der Waals surface area contributed by atoms with Crippen LogP contribution in [0.3, 0.4) is 0 Å². The fourth-order valence-electron chi connectivity index (χ4n) is 1.03. The van der Waals surface area contributed by atoms with Crippen molar-refractivity contribution in [2.45, 2.75) is 13.2 Å². The first kappa shape index (κ1) is 11.5. The average molecular weight is 210 g/mol. The van der Waals surface area contributed by atoms with Gasteiger partial charge in [0.05, 0.1) is 0 Å². The molecule has 1 aromatic carbocycles. The van der Waals surface area contributed by atoms with Crippen LogP contribution in [0.15, 0.2) is 24.3 Å². The van der Waals surface area contributed by atoms with Gasteiger partial charge in [0, 0.05) is 12.7 Å². The molecule has 1 aromatic rings. The van der Waals surface area contributed by atoms with Crippen molar-refractivity contribution >= 4 is 5.91 Å². The fourth-order valence-corrected chi connectivity index (χ4v) is 1.03. The molecule has 0 fully saturated rings. The van der Waals surface area contributed by atoms with Crippen LogP contribution in [0, 0.1) is 0 Å². The molecular weight excluding hydrogens is 196 g/mol. The molecule has 0 spiro atoms. The van der Waals surface area contributed by atoms with Crippen LogP contribution in [0.25, 0.3) is 0 Å². The molecule has 0 saturated carbocycles. The van der Waals surface area contributed by atoms with E-state index in [1.165, 1.54) is 0 Å². The van der Waals surface area contributed by atoms with Gasteiger partial charge < -0.3 is 9.47 Å². The van der Waals surface area contributed by atoms with Gasteiger partial charge in [0.25, 0.3) is 5.91 Å². The SMILES string of the molecule is COC(C)Oc1cccc(C(=O)NN)c1. The zero-order chi connectivity index (χ0) is 11.3. The van der Waals surface area contributed by atoms with Crippen molar-refractivity contribution in [2.24, 2.45) is 5.84 Å². The van der Waals surface area contributed by atoms with Gasteiger partial charge in [-0.3, -0.25) is 10.2 Å². The highest BCUT2D eigenvalue weighted by atomic mass is 16.7.